The van der Waals surface area contributed by atoms with Gasteiger partial charge in [-0.05, 0) is 50.2 Å². The molecule has 1 N–H and O–H groups in total. The molecule has 0 aromatic heterocycles. The number of benzene rings is 2. The molecular formula is C18H20F2N2O4S. The normalized spacial score (nSPS) is 12.3. The number of carbonyl (C=O) groups is 1. The van der Waals surface area contributed by atoms with Crippen molar-refractivity contribution in [3.8, 4) is 5.75 Å². The zero-order valence-corrected chi connectivity index (χ0v) is 15.9. The van der Waals surface area contributed by atoms with Crippen LogP contribution in [0, 0.1) is 11.6 Å². The van der Waals surface area contributed by atoms with E-state index in [1.54, 1.807) is 12.1 Å². The number of ether oxygens (including phenoxy) is 1. The van der Waals surface area contributed by atoms with Crippen molar-refractivity contribution in [2.45, 2.75) is 19.9 Å². The van der Waals surface area contributed by atoms with Gasteiger partial charge in [-0.2, -0.15) is 0 Å². The van der Waals surface area contributed by atoms with Crippen LogP contribution in [0.4, 0.5) is 20.2 Å². The number of sulfonamides is 1. The van der Waals surface area contributed by atoms with Gasteiger partial charge in [0, 0.05) is 11.8 Å². The van der Waals surface area contributed by atoms with Crippen LogP contribution >= 0.6 is 0 Å². The summed E-state index contributed by atoms with van der Waals surface area (Å²) in [7, 11) is -3.80. The van der Waals surface area contributed by atoms with Crippen LogP contribution < -0.4 is 14.4 Å². The summed E-state index contributed by atoms with van der Waals surface area (Å²) in [5.74, 6) is -2.30. The Kier molecular flexibility index (Phi) is 6.37. The first-order chi connectivity index (χ1) is 12.6. The quantitative estimate of drug-likeness (QED) is 0.777. The lowest BCUT2D eigenvalue weighted by Crippen LogP contribution is -2.45. The SMILES string of the molecule is CCOc1ccc(N(C(C)C(=O)Nc2ccc(F)c(F)c2)S(C)(=O)=O)cc1. The molecule has 0 saturated heterocycles. The third kappa shape index (κ3) is 5.16. The van der Waals surface area contributed by atoms with Gasteiger partial charge in [-0.25, -0.2) is 17.2 Å². The first-order valence-electron chi connectivity index (χ1n) is 8.11. The number of anilines is 2. The molecule has 0 aliphatic rings. The highest BCUT2D eigenvalue weighted by molar-refractivity contribution is 7.92. The highest BCUT2D eigenvalue weighted by atomic mass is 32.2. The maximum Gasteiger partial charge on any atom is 0.247 e. The fourth-order valence-corrected chi connectivity index (χ4v) is 3.66. The first kappa shape index (κ1) is 20.6. The van der Waals surface area contributed by atoms with Crippen LogP contribution in [0.3, 0.4) is 0 Å². The molecule has 0 bridgehead atoms. The van der Waals surface area contributed by atoms with Gasteiger partial charge in [0.25, 0.3) is 0 Å². The Hall–Kier alpha value is -2.68. The van der Waals surface area contributed by atoms with Crippen molar-refractivity contribution in [2.75, 3.05) is 22.5 Å². The van der Waals surface area contributed by atoms with Crippen LogP contribution in [-0.4, -0.2) is 33.2 Å². The summed E-state index contributed by atoms with van der Waals surface area (Å²) in [4.78, 5) is 12.5. The molecule has 6 nitrogen and oxygen atoms in total. The van der Waals surface area contributed by atoms with Gasteiger partial charge < -0.3 is 10.1 Å². The number of rotatable bonds is 7. The fraction of sp³-hybridized carbons (Fsp3) is 0.278. The molecule has 0 aliphatic carbocycles. The molecule has 2 aromatic carbocycles. The number of nitrogens with zero attached hydrogens (tertiary/aromatic N) is 1. The molecule has 0 spiro atoms. The van der Waals surface area contributed by atoms with E-state index in [0.717, 1.165) is 22.7 Å². The summed E-state index contributed by atoms with van der Waals surface area (Å²) in [5, 5.41) is 2.39. The van der Waals surface area contributed by atoms with Crippen LogP contribution in [0.15, 0.2) is 42.5 Å². The predicted molar refractivity (Wildman–Crippen MR) is 99.4 cm³/mol. The zero-order chi connectivity index (χ0) is 20.2. The van der Waals surface area contributed by atoms with Gasteiger partial charge in [0.1, 0.15) is 11.8 Å². The van der Waals surface area contributed by atoms with E-state index in [1.165, 1.54) is 25.1 Å². The lowest BCUT2D eigenvalue weighted by Gasteiger charge is -2.28. The lowest BCUT2D eigenvalue weighted by molar-refractivity contribution is -0.116. The Labute approximate surface area is 156 Å². The Bertz CT molecular complexity index is 917. The lowest BCUT2D eigenvalue weighted by atomic mass is 10.2. The van der Waals surface area contributed by atoms with Gasteiger partial charge in [0.2, 0.25) is 15.9 Å². The number of hydrogen-bond acceptors (Lipinski definition) is 4. The van der Waals surface area contributed by atoms with Crippen LogP contribution in [0.2, 0.25) is 0 Å². The number of nitrogens with one attached hydrogen (secondary N) is 1. The van der Waals surface area contributed by atoms with Crippen LogP contribution in [-0.2, 0) is 14.8 Å². The van der Waals surface area contributed by atoms with Gasteiger partial charge in [0.15, 0.2) is 11.6 Å². The zero-order valence-electron chi connectivity index (χ0n) is 15.1. The van der Waals surface area contributed by atoms with Crippen molar-refractivity contribution in [2.24, 2.45) is 0 Å². The van der Waals surface area contributed by atoms with E-state index < -0.39 is 33.6 Å². The van der Waals surface area contributed by atoms with E-state index in [9.17, 15) is 22.0 Å². The largest absolute Gasteiger partial charge is 0.494 e. The van der Waals surface area contributed by atoms with E-state index in [1.807, 2.05) is 6.92 Å². The van der Waals surface area contributed by atoms with E-state index in [2.05, 4.69) is 5.32 Å². The number of halogens is 2. The summed E-state index contributed by atoms with van der Waals surface area (Å²) in [6, 6.07) is 7.98. The topological polar surface area (TPSA) is 75.7 Å². The minimum absolute atomic E-state index is 0.0193. The molecule has 0 radical (unpaired) electrons. The average Bonchev–Trinajstić information content (AvgIpc) is 2.59. The van der Waals surface area contributed by atoms with Gasteiger partial charge in [0.05, 0.1) is 18.6 Å². The Morgan fingerprint density at radius 2 is 1.78 bits per heavy atom. The summed E-state index contributed by atoms with van der Waals surface area (Å²) in [6.45, 7) is 3.68. The molecule has 0 saturated carbocycles. The van der Waals surface area contributed by atoms with Crippen LogP contribution in [0.25, 0.3) is 0 Å². The maximum absolute atomic E-state index is 13.3. The molecule has 1 unspecified atom stereocenters. The van der Waals surface area contributed by atoms with Crippen molar-refractivity contribution in [3.05, 3.63) is 54.1 Å². The molecule has 0 heterocycles. The molecule has 2 aromatic rings. The smallest absolute Gasteiger partial charge is 0.247 e. The Balaban J connectivity index is 2.27. The van der Waals surface area contributed by atoms with Crippen molar-refractivity contribution in [1.29, 1.82) is 0 Å². The number of amides is 1. The second-order valence-electron chi connectivity index (χ2n) is 5.78. The standard InChI is InChI=1S/C18H20F2N2O4S/c1-4-26-15-8-6-14(7-9-15)22(27(3,24)25)12(2)18(23)21-13-5-10-16(19)17(20)11-13/h5-12H,4H2,1-3H3,(H,21,23). The third-order valence-corrected chi connectivity index (χ3v) is 4.92. The van der Waals surface area contributed by atoms with Crippen molar-refractivity contribution in [3.63, 3.8) is 0 Å². The second-order valence-corrected chi connectivity index (χ2v) is 7.64. The fourth-order valence-electron chi connectivity index (χ4n) is 2.49. The third-order valence-electron chi connectivity index (χ3n) is 3.68. The van der Waals surface area contributed by atoms with Crippen LogP contribution in [0.5, 0.6) is 5.75 Å². The molecular weight excluding hydrogens is 378 g/mol. The molecule has 9 heteroatoms. The van der Waals surface area contributed by atoms with Crippen molar-refractivity contribution < 1.29 is 26.7 Å². The molecule has 1 amide bonds. The number of carbonyl (C=O) groups excluding carboxylic acids is 1. The number of hydrogen-bond donors (Lipinski definition) is 1. The van der Waals surface area contributed by atoms with Crippen LogP contribution in [0.1, 0.15) is 13.8 Å². The molecule has 2 rings (SSSR count). The van der Waals surface area contributed by atoms with E-state index in [0.29, 0.717) is 12.4 Å². The first-order valence-corrected chi connectivity index (χ1v) is 9.96. The summed E-state index contributed by atoms with van der Waals surface area (Å²) < 4.78 is 57.1. The van der Waals surface area contributed by atoms with Gasteiger partial charge in [-0.15, -0.1) is 0 Å². The molecule has 146 valence electrons. The van der Waals surface area contributed by atoms with Gasteiger partial charge >= 0.3 is 0 Å². The van der Waals surface area contributed by atoms with Gasteiger partial charge in [-0.3, -0.25) is 9.10 Å². The minimum Gasteiger partial charge on any atom is -0.494 e. The average molecular weight is 398 g/mol. The summed E-state index contributed by atoms with van der Waals surface area (Å²) >= 11 is 0. The summed E-state index contributed by atoms with van der Waals surface area (Å²) in [6.07, 6.45) is 0.977. The molecule has 27 heavy (non-hydrogen) atoms. The highest BCUT2D eigenvalue weighted by Crippen LogP contribution is 2.24. The Morgan fingerprint density at radius 3 is 2.30 bits per heavy atom. The van der Waals surface area contributed by atoms with Crippen molar-refractivity contribution >= 4 is 27.3 Å². The highest BCUT2D eigenvalue weighted by Gasteiger charge is 2.29. The molecule has 0 fully saturated rings. The Morgan fingerprint density at radius 1 is 1.15 bits per heavy atom. The molecule has 1 atom stereocenters. The van der Waals surface area contributed by atoms with E-state index in [4.69, 9.17) is 4.74 Å². The second kappa shape index (κ2) is 8.34. The minimum atomic E-state index is -3.80. The van der Waals surface area contributed by atoms with Crippen molar-refractivity contribution in [1.82, 2.24) is 0 Å². The summed E-state index contributed by atoms with van der Waals surface area (Å²) in [5.41, 5.74) is 0.291. The van der Waals surface area contributed by atoms with E-state index >= 15 is 0 Å². The van der Waals surface area contributed by atoms with Gasteiger partial charge in [-0.1, -0.05) is 0 Å². The molecule has 0 aliphatic heterocycles. The maximum atomic E-state index is 13.3. The monoisotopic (exact) mass is 398 g/mol. The predicted octanol–water partition coefficient (Wildman–Crippen LogP) is 3.16. The van der Waals surface area contributed by atoms with E-state index in [-0.39, 0.29) is 11.4 Å².